The molecule has 0 radical (unpaired) electrons. The maximum absolute atomic E-state index is 3.66. The van der Waals surface area contributed by atoms with Gasteiger partial charge in [-0.2, -0.15) is 0 Å². The molecule has 90 valence electrons. The lowest BCUT2D eigenvalue weighted by molar-refractivity contribution is 0.165. The van der Waals surface area contributed by atoms with Crippen LogP contribution in [0.4, 0.5) is 0 Å². The summed E-state index contributed by atoms with van der Waals surface area (Å²) in [5.74, 6) is 1.84. The summed E-state index contributed by atoms with van der Waals surface area (Å²) >= 11 is 0. The first-order valence-corrected chi connectivity index (χ1v) is 6.55. The summed E-state index contributed by atoms with van der Waals surface area (Å²) < 4.78 is 0. The third-order valence-corrected chi connectivity index (χ3v) is 3.73. The van der Waals surface area contributed by atoms with E-state index >= 15 is 0 Å². The normalized spacial score (nSPS) is 32.2. The summed E-state index contributed by atoms with van der Waals surface area (Å²) in [6.45, 7) is 6.92. The van der Waals surface area contributed by atoms with Crippen LogP contribution >= 0.6 is 0 Å². The van der Waals surface area contributed by atoms with Crippen molar-refractivity contribution in [1.82, 2.24) is 10.2 Å². The number of hydrogen-bond acceptors (Lipinski definition) is 2. The van der Waals surface area contributed by atoms with Crippen molar-refractivity contribution in [3.63, 3.8) is 0 Å². The molecule has 1 aliphatic carbocycles. The Balaban J connectivity index is 2.48. The van der Waals surface area contributed by atoms with E-state index in [1.165, 1.54) is 32.2 Å². The molecule has 0 amide bonds. The molecule has 0 heterocycles. The molecule has 15 heavy (non-hydrogen) atoms. The lowest BCUT2D eigenvalue weighted by Gasteiger charge is -2.37. The Morgan fingerprint density at radius 3 is 2.47 bits per heavy atom. The Hall–Kier alpha value is -0.0800. The molecule has 0 aliphatic heterocycles. The third-order valence-electron chi connectivity index (χ3n) is 3.73. The number of nitrogens with zero attached hydrogens (tertiary/aromatic N) is 1. The first-order valence-electron chi connectivity index (χ1n) is 6.55. The van der Waals surface area contributed by atoms with Crippen LogP contribution in [-0.2, 0) is 0 Å². The summed E-state index contributed by atoms with van der Waals surface area (Å²) in [5, 5.41) is 3.66. The molecule has 0 bridgehead atoms. The van der Waals surface area contributed by atoms with Crippen molar-refractivity contribution in [3.8, 4) is 0 Å². The van der Waals surface area contributed by atoms with Crippen LogP contribution in [0.2, 0.25) is 0 Å². The van der Waals surface area contributed by atoms with E-state index in [0.717, 1.165) is 24.4 Å². The van der Waals surface area contributed by atoms with E-state index in [-0.39, 0.29) is 0 Å². The molecule has 0 aromatic heterocycles. The summed E-state index contributed by atoms with van der Waals surface area (Å²) in [6.07, 6.45) is 5.60. The second kappa shape index (κ2) is 6.49. The van der Waals surface area contributed by atoms with Gasteiger partial charge in [0, 0.05) is 12.6 Å². The Morgan fingerprint density at radius 2 is 1.93 bits per heavy atom. The van der Waals surface area contributed by atoms with Crippen LogP contribution in [0, 0.1) is 11.8 Å². The van der Waals surface area contributed by atoms with Gasteiger partial charge in [0.25, 0.3) is 0 Å². The zero-order valence-electron chi connectivity index (χ0n) is 10.9. The zero-order valence-corrected chi connectivity index (χ0v) is 10.9. The lowest BCUT2D eigenvalue weighted by atomic mass is 9.76. The van der Waals surface area contributed by atoms with Gasteiger partial charge in [0.05, 0.1) is 0 Å². The fourth-order valence-electron chi connectivity index (χ4n) is 2.93. The van der Waals surface area contributed by atoms with E-state index in [2.05, 4.69) is 38.2 Å². The topological polar surface area (TPSA) is 15.3 Å². The van der Waals surface area contributed by atoms with Gasteiger partial charge in [0.15, 0.2) is 0 Å². The molecule has 1 aliphatic rings. The SMILES string of the molecule is CCNC1CCC(CC)CC1CN(C)C. The van der Waals surface area contributed by atoms with E-state index in [1.807, 2.05) is 0 Å². The minimum absolute atomic E-state index is 0.764. The van der Waals surface area contributed by atoms with Gasteiger partial charge >= 0.3 is 0 Å². The van der Waals surface area contributed by atoms with Crippen LogP contribution in [0.3, 0.4) is 0 Å². The number of hydrogen-bond donors (Lipinski definition) is 1. The summed E-state index contributed by atoms with van der Waals surface area (Å²) in [6, 6.07) is 0.764. The maximum Gasteiger partial charge on any atom is 0.0108 e. The average Bonchev–Trinajstić information content (AvgIpc) is 2.20. The number of nitrogens with one attached hydrogen (secondary N) is 1. The Kier molecular flexibility index (Phi) is 5.62. The van der Waals surface area contributed by atoms with Crippen LogP contribution in [-0.4, -0.2) is 38.1 Å². The molecule has 0 spiro atoms. The molecule has 0 saturated heterocycles. The van der Waals surface area contributed by atoms with Gasteiger partial charge < -0.3 is 10.2 Å². The van der Waals surface area contributed by atoms with Crippen LogP contribution in [0.1, 0.15) is 39.5 Å². The minimum atomic E-state index is 0.764. The van der Waals surface area contributed by atoms with E-state index in [9.17, 15) is 0 Å². The smallest absolute Gasteiger partial charge is 0.0108 e. The van der Waals surface area contributed by atoms with Gasteiger partial charge in [-0.05, 0) is 51.7 Å². The lowest BCUT2D eigenvalue weighted by Crippen LogP contribution is -2.44. The highest BCUT2D eigenvalue weighted by atomic mass is 15.1. The Morgan fingerprint density at radius 1 is 1.20 bits per heavy atom. The third kappa shape index (κ3) is 4.12. The first kappa shape index (κ1) is 13.0. The highest BCUT2D eigenvalue weighted by Crippen LogP contribution is 2.31. The van der Waals surface area contributed by atoms with Crippen LogP contribution in [0.15, 0.2) is 0 Å². The zero-order chi connectivity index (χ0) is 11.3. The molecule has 0 aromatic rings. The van der Waals surface area contributed by atoms with Crippen molar-refractivity contribution < 1.29 is 0 Å². The average molecular weight is 212 g/mol. The second-order valence-electron chi connectivity index (χ2n) is 5.27. The Labute approximate surface area is 95.4 Å². The van der Waals surface area contributed by atoms with Gasteiger partial charge in [-0.1, -0.05) is 20.3 Å². The Bertz CT molecular complexity index is 168. The summed E-state index contributed by atoms with van der Waals surface area (Å²) in [5.41, 5.74) is 0. The number of rotatable bonds is 5. The van der Waals surface area contributed by atoms with Gasteiger partial charge in [0.2, 0.25) is 0 Å². The fraction of sp³-hybridized carbons (Fsp3) is 1.00. The molecule has 3 unspecified atom stereocenters. The van der Waals surface area contributed by atoms with Crippen molar-refractivity contribution >= 4 is 0 Å². The summed E-state index contributed by atoms with van der Waals surface area (Å²) in [4.78, 5) is 2.34. The standard InChI is InChI=1S/C13H28N2/c1-5-11-7-8-13(14-6-2)12(9-11)10-15(3)4/h11-14H,5-10H2,1-4H3. The molecular weight excluding hydrogens is 184 g/mol. The molecule has 1 N–H and O–H groups in total. The molecule has 1 fully saturated rings. The molecule has 2 nitrogen and oxygen atoms in total. The van der Waals surface area contributed by atoms with Gasteiger partial charge in [-0.3, -0.25) is 0 Å². The van der Waals surface area contributed by atoms with E-state index < -0.39 is 0 Å². The van der Waals surface area contributed by atoms with Crippen molar-refractivity contribution in [1.29, 1.82) is 0 Å². The molecule has 2 heteroatoms. The predicted octanol–water partition coefficient (Wildman–Crippen LogP) is 2.35. The van der Waals surface area contributed by atoms with Crippen molar-refractivity contribution in [2.45, 2.75) is 45.6 Å². The van der Waals surface area contributed by atoms with Crippen molar-refractivity contribution in [2.24, 2.45) is 11.8 Å². The van der Waals surface area contributed by atoms with Crippen molar-refractivity contribution in [2.75, 3.05) is 27.2 Å². The quantitative estimate of drug-likeness (QED) is 0.752. The van der Waals surface area contributed by atoms with E-state index in [0.29, 0.717) is 0 Å². The predicted molar refractivity (Wildman–Crippen MR) is 67.1 cm³/mol. The van der Waals surface area contributed by atoms with E-state index in [1.54, 1.807) is 0 Å². The molecule has 1 rings (SSSR count). The van der Waals surface area contributed by atoms with Gasteiger partial charge in [-0.15, -0.1) is 0 Å². The highest BCUT2D eigenvalue weighted by molar-refractivity contribution is 4.85. The first-order chi connectivity index (χ1) is 7.17. The highest BCUT2D eigenvalue weighted by Gasteiger charge is 2.29. The molecule has 1 saturated carbocycles. The maximum atomic E-state index is 3.66. The largest absolute Gasteiger partial charge is 0.314 e. The van der Waals surface area contributed by atoms with Crippen LogP contribution in [0.5, 0.6) is 0 Å². The minimum Gasteiger partial charge on any atom is -0.314 e. The van der Waals surface area contributed by atoms with Crippen LogP contribution < -0.4 is 5.32 Å². The van der Waals surface area contributed by atoms with Crippen LogP contribution in [0.25, 0.3) is 0 Å². The fourth-order valence-corrected chi connectivity index (χ4v) is 2.93. The molecule has 0 aromatic carbocycles. The summed E-state index contributed by atoms with van der Waals surface area (Å²) in [7, 11) is 4.39. The van der Waals surface area contributed by atoms with Gasteiger partial charge in [0.1, 0.15) is 0 Å². The van der Waals surface area contributed by atoms with Crippen molar-refractivity contribution in [3.05, 3.63) is 0 Å². The molecule has 3 atom stereocenters. The monoisotopic (exact) mass is 212 g/mol. The second-order valence-corrected chi connectivity index (χ2v) is 5.27. The molecular formula is C13H28N2. The van der Waals surface area contributed by atoms with Gasteiger partial charge in [-0.25, -0.2) is 0 Å². The van der Waals surface area contributed by atoms with E-state index in [4.69, 9.17) is 0 Å².